The van der Waals surface area contributed by atoms with Crippen molar-refractivity contribution < 1.29 is 18.3 Å². The Morgan fingerprint density at radius 2 is 1.67 bits per heavy atom. The summed E-state index contributed by atoms with van der Waals surface area (Å²) < 4.78 is 38.6. The minimum Gasteiger partial charge on any atom is -0.393 e. The maximum Gasteiger partial charge on any atom is 0.391 e. The quantitative estimate of drug-likeness (QED) is 0.404. The summed E-state index contributed by atoms with van der Waals surface area (Å²) in [6.45, 7) is 14.2. The molecule has 194 valence electrons. The van der Waals surface area contributed by atoms with E-state index in [0.717, 1.165) is 49.9 Å². The summed E-state index contributed by atoms with van der Waals surface area (Å²) in [7, 11) is 0. The van der Waals surface area contributed by atoms with Gasteiger partial charge in [-0.15, -0.1) is 0 Å². The summed E-state index contributed by atoms with van der Waals surface area (Å²) in [5, 5.41) is 10.1. The summed E-state index contributed by atoms with van der Waals surface area (Å²) in [5.41, 5.74) is 2.10. The highest BCUT2D eigenvalue weighted by Gasteiger charge is 2.58. The second-order valence-electron chi connectivity index (χ2n) is 11.3. The minimum atomic E-state index is -4.05. The van der Waals surface area contributed by atoms with E-state index < -0.39 is 12.1 Å². The second-order valence-corrected chi connectivity index (χ2v) is 11.3. The van der Waals surface area contributed by atoms with Crippen LogP contribution in [0.2, 0.25) is 0 Å². The Bertz CT molecular complexity index is 641. The highest BCUT2D eigenvalue weighted by molar-refractivity contribution is 5.25. The molecule has 4 heteroatoms. The monoisotopic (exact) mass is 472 g/mol. The van der Waals surface area contributed by atoms with Crippen LogP contribution in [0.25, 0.3) is 0 Å². The SMILES string of the molecule is CC.CC.CC(CCCC1CCC2C3CC=C4CC(O)CCC4(C)C3CCC12C)C(F)(F)F. The number of aliphatic hydroxyl groups is 1. The lowest BCUT2D eigenvalue weighted by Gasteiger charge is -2.58. The van der Waals surface area contributed by atoms with Gasteiger partial charge in [0.2, 0.25) is 0 Å². The Labute approximate surface area is 202 Å². The van der Waals surface area contributed by atoms with Crippen molar-refractivity contribution in [3.63, 3.8) is 0 Å². The van der Waals surface area contributed by atoms with Crippen LogP contribution in [-0.2, 0) is 0 Å². The number of aliphatic hydroxyl groups excluding tert-OH is 1. The molecule has 0 aliphatic heterocycles. The van der Waals surface area contributed by atoms with Gasteiger partial charge in [-0.3, -0.25) is 0 Å². The molecule has 33 heavy (non-hydrogen) atoms. The van der Waals surface area contributed by atoms with Crippen molar-refractivity contribution >= 4 is 0 Å². The molecule has 0 aromatic heterocycles. The number of alkyl halides is 3. The molecular formula is C29H51F3O. The molecule has 3 saturated carbocycles. The van der Waals surface area contributed by atoms with Gasteiger partial charge in [0, 0.05) is 0 Å². The Morgan fingerprint density at radius 1 is 1.00 bits per heavy atom. The summed E-state index contributed by atoms with van der Waals surface area (Å²) in [4.78, 5) is 0. The molecule has 0 bridgehead atoms. The van der Waals surface area contributed by atoms with Crippen LogP contribution in [0.4, 0.5) is 13.2 Å². The zero-order valence-electron chi connectivity index (χ0n) is 22.4. The van der Waals surface area contributed by atoms with E-state index in [1.165, 1.54) is 38.2 Å². The Kier molecular flexibility index (Phi) is 10.00. The second kappa shape index (κ2) is 11.5. The number of halogens is 3. The molecule has 0 spiro atoms. The first-order valence-corrected chi connectivity index (χ1v) is 14.0. The van der Waals surface area contributed by atoms with E-state index in [2.05, 4.69) is 19.9 Å². The minimum absolute atomic E-state index is 0.158. The standard InChI is InChI=1S/C25H39F3O.2C2H6/c1-16(25(26,27)28)5-4-6-17-8-10-21-20-9-7-18-15-19(29)11-13-24(18,3)22(20)12-14-23(17,21)2;2*1-2/h7,16-17,19-22,29H,4-6,8-15H2,1-3H3;2*1-2H3. The van der Waals surface area contributed by atoms with Crippen LogP contribution in [0.1, 0.15) is 119 Å². The van der Waals surface area contributed by atoms with Gasteiger partial charge in [0.25, 0.3) is 0 Å². The van der Waals surface area contributed by atoms with Crippen molar-refractivity contribution in [2.24, 2.45) is 40.4 Å². The lowest BCUT2D eigenvalue weighted by Crippen LogP contribution is -2.50. The smallest absolute Gasteiger partial charge is 0.391 e. The van der Waals surface area contributed by atoms with Crippen LogP contribution in [0.5, 0.6) is 0 Å². The van der Waals surface area contributed by atoms with Gasteiger partial charge in [-0.25, -0.2) is 0 Å². The topological polar surface area (TPSA) is 20.2 Å². The third-order valence-corrected chi connectivity index (χ3v) is 10.0. The molecule has 1 N–H and O–H groups in total. The van der Waals surface area contributed by atoms with Gasteiger partial charge in [0.05, 0.1) is 12.0 Å². The van der Waals surface area contributed by atoms with Crippen molar-refractivity contribution in [2.45, 2.75) is 131 Å². The Morgan fingerprint density at radius 3 is 2.30 bits per heavy atom. The average Bonchev–Trinajstić information content (AvgIpc) is 3.12. The normalized spacial score (nSPS) is 40.6. The molecule has 0 saturated heterocycles. The van der Waals surface area contributed by atoms with Crippen molar-refractivity contribution in [2.75, 3.05) is 0 Å². The molecule has 0 heterocycles. The van der Waals surface area contributed by atoms with Gasteiger partial charge >= 0.3 is 6.18 Å². The number of hydrogen-bond donors (Lipinski definition) is 1. The molecule has 4 aliphatic rings. The molecule has 3 fully saturated rings. The van der Waals surface area contributed by atoms with Crippen molar-refractivity contribution in [3.05, 3.63) is 11.6 Å². The Hall–Kier alpha value is -0.510. The van der Waals surface area contributed by atoms with Crippen molar-refractivity contribution in [3.8, 4) is 0 Å². The third kappa shape index (κ3) is 5.67. The molecule has 1 nitrogen and oxygen atoms in total. The van der Waals surface area contributed by atoms with Crippen LogP contribution in [0.15, 0.2) is 11.6 Å². The van der Waals surface area contributed by atoms with Crippen LogP contribution < -0.4 is 0 Å². The Balaban J connectivity index is 0.000000914. The molecular weight excluding hydrogens is 421 g/mol. The van der Waals surface area contributed by atoms with E-state index in [-0.39, 0.29) is 17.9 Å². The predicted molar refractivity (Wildman–Crippen MR) is 133 cm³/mol. The van der Waals surface area contributed by atoms with Gasteiger partial charge in [0.1, 0.15) is 0 Å². The zero-order valence-corrected chi connectivity index (χ0v) is 22.4. The van der Waals surface area contributed by atoms with Gasteiger partial charge in [-0.05, 0) is 98.7 Å². The molecule has 0 aromatic carbocycles. The number of allylic oxidation sites excluding steroid dienone is 1. The molecule has 8 atom stereocenters. The molecule has 4 aliphatic carbocycles. The van der Waals surface area contributed by atoms with Gasteiger partial charge < -0.3 is 5.11 Å². The summed E-state index contributed by atoms with van der Waals surface area (Å²) >= 11 is 0. The predicted octanol–water partition coefficient (Wildman–Crippen LogP) is 9.35. The number of rotatable bonds is 4. The summed E-state index contributed by atoms with van der Waals surface area (Å²) in [5.74, 6) is 1.62. The van der Waals surface area contributed by atoms with E-state index >= 15 is 0 Å². The van der Waals surface area contributed by atoms with Crippen molar-refractivity contribution in [1.29, 1.82) is 0 Å². The fourth-order valence-electron chi connectivity index (χ4n) is 8.06. The van der Waals surface area contributed by atoms with E-state index in [9.17, 15) is 18.3 Å². The van der Waals surface area contributed by atoms with E-state index in [4.69, 9.17) is 0 Å². The van der Waals surface area contributed by atoms with E-state index in [1.807, 2.05) is 27.7 Å². The van der Waals surface area contributed by atoms with Crippen LogP contribution >= 0.6 is 0 Å². The molecule has 4 rings (SSSR count). The van der Waals surface area contributed by atoms with E-state index in [0.29, 0.717) is 17.8 Å². The highest BCUT2D eigenvalue weighted by atomic mass is 19.4. The van der Waals surface area contributed by atoms with Crippen LogP contribution in [0.3, 0.4) is 0 Å². The van der Waals surface area contributed by atoms with Gasteiger partial charge in [-0.1, -0.05) is 66.5 Å². The summed E-state index contributed by atoms with van der Waals surface area (Å²) in [6.07, 6.45) is 9.25. The van der Waals surface area contributed by atoms with Crippen LogP contribution in [-0.4, -0.2) is 17.4 Å². The molecule has 0 aromatic rings. The number of fused-ring (bicyclic) bond motifs is 5. The first kappa shape index (κ1) is 28.7. The largest absolute Gasteiger partial charge is 0.393 e. The fourth-order valence-corrected chi connectivity index (χ4v) is 8.06. The number of hydrogen-bond acceptors (Lipinski definition) is 1. The maximum absolute atomic E-state index is 12.9. The molecule has 0 radical (unpaired) electrons. The molecule has 8 unspecified atom stereocenters. The maximum atomic E-state index is 12.9. The fraction of sp³-hybridized carbons (Fsp3) is 0.931. The van der Waals surface area contributed by atoms with Gasteiger partial charge in [0.15, 0.2) is 0 Å². The zero-order chi connectivity index (χ0) is 25.0. The first-order valence-electron chi connectivity index (χ1n) is 14.0. The average molecular weight is 473 g/mol. The third-order valence-electron chi connectivity index (χ3n) is 10.0. The first-order chi connectivity index (χ1) is 15.6. The molecule has 0 amide bonds. The van der Waals surface area contributed by atoms with Crippen LogP contribution in [0, 0.1) is 40.4 Å². The van der Waals surface area contributed by atoms with Crippen molar-refractivity contribution in [1.82, 2.24) is 0 Å². The van der Waals surface area contributed by atoms with E-state index in [1.54, 1.807) is 0 Å². The summed E-state index contributed by atoms with van der Waals surface area (Å²) in [6, 6.07) is 0. The lowest BCUT2D eigenvalue weighted by atomic mass is 9.47. The highest BCUT2D eigenvalue weighted by Crippen LogP contribution is 2.66. The lowest BCUT2D eigenvalue weighted by molar-refractivity contribution is -0.171. The van der Waals surface area contributed by atoms with Gasteiger partial charge in [-0.2, -0.15) is 13.2 Å².